The first-order chi connectivity index (χ1) is 7.16. The Kier molecular flexibility index (Phi) is 2.09. The van der Waals surface area contributed by atoms with Gasteiger partial charge in [-0.1, -0.05) is 6.07 Å². The molecule has 0 spiro atoms. The van der Waals surface area contributed by atoms with Crippen molar-refractivity contribution >= 4 is 11.6 Å². The van der Waals surface area contributed by atoms with Crippen molar-refractivity contribution in [3.63, 3.8) is 0 Å². The number of hydrogen-bond donors (Lipinski definition) is 2. The third kappa shape index (κ3) is 1.78. The zero-order valence-electron chi connectivity index (χ0n) is 7.79. The Morgan fingerprint density at radius 1 is 1.40 bits per heavy atom. The molecule has 0 aromatic carbocycles. The molecule has 2 aromatic rings. The van der Waals surface area contributed by atoms with Gasteiger partial charge in [-0.3, -0.25) is 4.79 Å². The van der Waals surface area contributed by atoms with Crippen molar-refractivity contribution in [1.82, 2.24) is 14.8 Å². The number of pyridine rings is 1. The minimum absolute atomic E-state index is 0.196. The molecule has 0 unspecified atom stereocenters. The standard InChI is InChI=1S/C9H9N5O/c10-6-4-12-14(5-6)8-3-1-2-7(13-8)9(11)15/h1-5H,10H2,(H2,11,15). The molecule has 6 heteroatoms. The van der Waals surface area contributed by atoms with Gasteiger partial charge in [0.05, 0.1) is 18.1 Å². The zero-order chi connectivity index (χ0) is 10.8. The Morgan fingerprint density at radius 2 is 2.20 bits per heavy atom. The van der Waals surface area contributed by atoms with Crippen LogP contribution in [-0.2, 0) is 0 Å². The second-order valence-electron chi connectivity index (χ2n) is 2.96. The fraction of sp³-hybridized carbons (Fsp3) is 0. The first-order valence-electron chi connectivity index (χ1n) is 4.24. The molecule has 76 valence electrons. The van der Waals surface area contributed by atoms with Gasteiger partial charge >= 0.3 is 0 Å². The largest absolute Gasteiger partial charge is 0.396 e. The number of aromatic nitrogens is 3. The molecule has 2 rings (SSSR count). The van der Waals surface area contributed by atoms with Crippen molar-refractivity contribution in [2.24, 2.45) is 5.73 Å². The Labute approximate surface area is 85.5 Å². The van der Waals surface area contributed by atoms with Gasteiger partial charge in [-0.25, -0.2) is 9.67 Å². The van der Waals surface area contributed by atoms with E-state index in [0.717, 1.165) is 0 Å². The summed E-state index contributed by atoms with van der Waals surface area (Å²) in [6.45, 7) is 0. The Hall–Kier alpha value is -2.37. The maximum Gasteiger partial charge on any atom is 0.267 e. The van der Waals surface area contributed by atoms with Crippen molar-refractivity contribution in [3.05, 3.63) is 36.3 Å². The topological polar surface area (TPSA) is 99.8 Å². The number of amides is 1. The Balaban J connectivity index is 2.45. The molecule has 6 nitrogen and oxygen atoms in total. The van der Waals surface area contributed by atoms with Gasteiger partial charge < -0.3 is 11.5 Å². The van der Waals surface area contributed by atoms with E-state index >= 15 is 0 Å². The SMILES string of the molecule is NC(=O)c1cccc(-n2cc(N)cn2)n1. The summed E-state index contributed by atoms with van der Waals surface area (Å²) in [6, 6.07) is 4.93. The zero-order valence-corrected chi connectivity index (χ0v) is 7.79. The molecule has 2 aromatic heterocycles. The van der Waals surface area contributed by atoms with Crippen LogP contribution in [0.4, 0.5) is 5.69 Å². The Morgan fingerprint density at radius 3 is 2.80 bits per heavy atom. The third-order valence-corrected chi connectivity index (χ3v) is 1.82. The second kappa shape index (κ2) is 3.41. The highest BCUT2D eigenvalue weighted by Crippen LogP contribution is 2.07. The fourth-order valence-corrected chi connectivity index (χ4v) is 1.15. The lowest BCUT2D eigenvalue weighted by atomic mass is 10.3. The fourth-order valence-electron chi connectivity index (χ4n) is 1.15. The van der Waals surface area contributed by atoms with Crippen LogP contribution in [0.15, 0.2) is 30.6 Å². The van der Waals surface area contributed by atoms with Gasteiger partial charge in [0, 0.05) is 0 Å². The summed E-state index contributed by atoms with van der Waals surface area (Å²) in [5, 5.41) is 3.96. The van der Waals surface area contributed by atoms with Crippen LogP contribution >= 0.6 is 0 Å². The van der Waals surface area contributed by atoms with Crippen molar-refractivity contribution in [2.45, 2.75) is 0 Å². The van der Waals surface area contributed by atoms with Gasteiger partial charge in [0.1, 0.15) is 5.69 Å². The number of rotatable bonds is 2. The van der Waals surface area contributed by atoms with Crippen LogP contribution in [0.25, 0.3) is 5.82 Å². The van der Waals surface area contributed by atoms with E-state index < -0.39 is 5.91 Å². The van der Waals surface area contributed by atoms with Gasteiger partial charge in [-0.05, 0) is 12.1 Å². The maximum absolute atomic E-state index is 10.9. The number of hydrogen-bond acceptors (Lipinski definition) is 4. The second-order valence-corrected chi connectivity index (χ2v) is 2.96. The molecule has 0 aliphatic heterocycles. The molecule has 0 saturated heterocycles. The predicted octanol–water partition coefficient (Wildman–Crippen LogP) is -0.0516. The van der Waals surface area contributed by atoms with Crippen molar-refractivity contribution < 1.29 is 4.79 Å². The maximum atomic E-state index is 10.9. The summed E-state index contributed by atoms with van der Waals surface area (Å²) >= 11 is 0. The number of nitrogens with zero attached hydrogens (tertiary/aromatic N) is 3. The molecular formula is C9H9N5O. The minimum Gasteiger partial charge on any atom is -0.396 e. The highest BCUT2D eigenvalue weighted by molar-refractivity contribution is 5.90. The lowest BCUT2D eigenvalue weighted by molar-refractivity contribution is 0.0995. The summed E-state index contributed by atoms with van der Waals surface area (Å²) < 4.78 is 1.47. The average Bonchev–Trinajstić information content (AvgIpc) is 2.65. The molecule has 0 fully saturated rings. The van der Waals surface area contributed by atoms with E-state index in [1.807, 2.05) is 0 Å². The summed E-state index contributed by atoms with van der Waals surface area (Å²) in [6.07, 6.45) is 3.10. The van der Waals surface area contributed by atoms with Gasteiger partial charge in [0.25, 0.3) is 5.91 Å². The highest BCUT2D eigenvalue weighted by atomic mass is 16.1. The smallest absolute Gasteiger partial charge is 0.267 e. The summed E-state index contributed by atoms with van der Waals surface area (Å²) in [7, 11) is 0. The van der Waals surface area contributed by atoms with E-state index in [4.69, 9.17) is 11.5 Å². The molecule has 15 heavy (non-hydrogen) atoms. The van der Waals surface area contributed by atoms with Crippen LogP contribution in [0.3, 0.4) is 0 Å². The molecule has 1 amide bonds. The van der Waals surface area contributed by atoms with E-state index in [9.17, 15) is 4.79 Å². The number of carbonyl (C=O) groups is 1. The summed E-state index contributed by atoms with van der Waals surface area (Å²) in [4.78, 5) is 14.9. The molecule has 0 radical (unpaired) electrons. The molecule has 0 aliphatic rings. The first kappa shape index (κ1) is 9.20. The van der Waals surface area contributed by atoms with E-state index in [1.54, 1.807) is 24.4 Å². The van der Waals surface area contributed by atoms with Crippen molar-refractivity contribution in [1.29, 1.82) is 0 Å². The molecule has 4 N–H and O–H groups in total. The highest BCUT2D eigenvalue weighted by Gasteiger charge is 2.04. The number of nitrogen functional groups attached to an aromatic ring is 1. The van der Waals surface area contributed by atoms with Crippen LogP contribution in [0, 0.1) is 0 Å². The lowest BCUT2D eigenvalue weighted by Crippen LogP contribution is -2.14. The molecular weight excluding hydrogens is 194 g/mol. The molecule has 0 atom stereocenters. The monoisotopic (exact) mass is 203 g/mol. The van der Waals surface area contributed by atoms with E-state index in [0.29, 0.717) is 11.5 Å². The van der Waals surface area contributed by atoms with Crippen LogP contribution in [0.2, 0.25) is 0 Å². The third-order valence-electron chi connectivity index (χ3n) is 1.82. The first-order valence-corrected chi connectivity index (χ1v) is 4.24. The van der Waals surface area contributed by atoms with Gasteiger partial charge in [-0.15, -0.1) is 0 Å². The summed E-state index contributed by atoms with van der Waals surface area (Å²) in [5.74, 6) is -0.0695. The molecule has 0 saturated carbocycles. The number of carbonyl (C=O) groups excluding carboxylic acids is 1. The van der Waals surface area contributed by atoms with Gasteiger partial charge in [0.2, 0.25) is 0 Å². The molecule has 2 heterocycles. The van der Waals surface area contributed by atoms with Crippen molar-refractivity contribution in [2.75, 3.05) is 5.73 Å². The van der Waals surface area contributed by atoms with Crippen LogP contribution < -0.4 is 11.5 Å². The summed E-state index contributed by atoms with van der Waals surface area (Å²) in [5.41, 5.74) is 11.3. The quantitative estimate of drug-likeness (QED) is 0.714. The van der Waals surface area contributed by atoms with E-state index in [1.165, 1.54) is 10.9 Å². The molecule has 0 aliphatic carbocycles. The average molecular weight is 203 g/mol. The van der Waals surface area contributed by atoms with Crippen LogP contribution in [-0.4, -0.2) is 20.7 Å². The number of primary amides is 1. The predicted molar refractivity (Wildman–Crippen MR) is 54.3 cm³/mol. The number of anilines is 1. The van der Waals surface area contributed by atoms with Gasteiger partial charge in [0.15, 0.2) is 5.82 Å². The van der Waals surface area contributed by atoms with Crippen LogP contribution in [0.1, 0.15) is 10.5 Å². The van der Waals surface area contributed by atoms with Crippen LogP contribution in [0.5, 0.6) is 0 Å². The van der Waals surface area contributed by atoms with E-state index in [2.05, 4.69) is 10.1 Å². The minimum atomic E-state index is -0.572. The Bertz CT molecular complexity index is 505. The lowest BCUT2D eigenvalue weighted by Gasteiger charge is -2.00. The number of nitrogens with two attached hydrogens (primary N) is 2. The van der Waals surface area contributed by atoms with Gasteiger partial charge in [-0.2, -0.15) is 5.10 Å². The normalized spacial score (nSPS) is 10.1. The molecule has 0 bridgehead atoms. The van der Waals surface area contributed by atoms with E-state index in [-0.39, 0.29) is 5.69 Å². The van der Waals surface area contributed by atoms with Crippen molar-refractivity contribution in [3.8, 4) is 5.82 Å².